The van der Waals surface area contributed by atoms with Crippen molar-refractivity contribution in [3.63, 3.8) is 0 Å². The number of ether oxygens (including phenoxy) is 1. The molecule has 220 valence electrons. The summed E-state index contributed by atoms with van der Waals surface area (Å²) in [6.07, 6.45) is 12.3. The first kappa shape index (κ1) is 28.7. The molecule has 0 spiro atoms. The molecule has 1 aromatic carbocycles. The van der Waals surface area contributed by atoms with E-state index in [1.54, 1.807) is 38.5 Å². The van der Waals surface area contributed by atoms with E-state index in [0.29, 0.717) is 17.2 Å². The molecule has 43 heavy (non-hydrogen) atoms. The number of hydrogen-bond donors (Lipinski definition) is 3. The topological polar surface area (TPSA) is 149 Å². The number of carbonyl (C=O) groups excluding carboxylic acids is 1. The smallest absolute Gasteiger partial charge is 0.335 e. The summed E-state index contributed by atoms with van der Waals surface area (Å²) >= 11 is 0. The number of imidazole rings is 1. The molecule has 4 aromatic rings. The largest absolute Gasteiger partial charge is 0.454 e. The Labute approximate surface area is 246 Å². The third kappa shape index (κ3) is 6.10. The third-order valence-electron chi connectivity index (χ3n) is 6.39. The monoisotopic (exact) mass is 584 g/mol. The Morgan fingerprint density at radius 3 is 2.53 bits per heavy atom. The summed E-state index contributed by atoms with van der Waals surface area (Å²) in [6, 6.07) is 7.54. The van der Waals surface area contributed by atoms with Crippen LogP contribution in [-0.4, -0.2) is 35.8 Å². The Hall–Kier alpha value is -5.85. The SMILES string of the molecule is CC(C)n1cc(C(=O)Nc2ccc(OC3=CC(c4cn(C)cn4)=CN/C3=C\C=N)cn2)c(=O)n(-c2ccc(F)cc2)c1=O.[HH]. The van der Waals surface area contributed by atoms with Crippen LogP contribution in [0.1, 0.15) is 37.4 Å². The minimum Gasteiger partial charge on any atom is -0.454 e. The van der Waals surface area contributed by atoms with E-state index >= 15 is 0 Å². The van der Waals surface area contributed by atoms with Gasteiger partial charge < -0.3 is 25.3 Å². The van der Waals surface area contributed by atoms with Crippen LogP contribution in [0.5, 0.6) is 5.75 Å². The van der Waals surface area contributed by atoms with Crippen LogP contribution in [0.2, 0.25) is 0 Å². The predicted octanol–water partition coefficient (Wildman–Crippen LogP) is 3.79. The predicted molar refractivity (Wildman–Crippen MR) is 161 cm³/mol. The van der Waals surface area contributed by atoms with Crippen molar-refractivity contribution in [3.8, 4) is 11.4 Å². The number of nitrogens with zero attached hydrogens (tertiary/aromatic N) is 5. The number of aromatic nitrogens is 5. The van der Waals surface area contributed by atoms with Crippen molar-refractivity contribution in [2.24, 2.45) is 7.05 Å². The summed E-state index contributed by atoms with van der Waals surface area (Å²) in [5, 5.41) is 13.1. The average Bonchev–Trinajstić information content (AvgIpc) is 3.42. The van der Waals surface area contributed by atoms with E-state index in [1.165, 1.54) is 41.2 Å². The molecule has 0 aliphatic carbocycles. The van der Waals surface area contributed by atoms with Crippen LogP contribution in [0, 0.1) is 11.2 Å². The summed E-state index contributed by atoms with van der Waals surface area (Å²) in [7, 11) is 1.86. The van der Waals surface area contributed by atoms with E-state index in [4.69, 9.17) is 10.1 Å². The number of amides is 1. The van der Waals surface area contributed by atoms with Gasteiger partial charge in [-0.05, 0) is 62.4 Å². The quantitative estimate of drug-likeness (QED) is 0.267. The van der Waals surface area contributed by atoms with Gasteiger partial charge in [-0.2, -0.15) is 0 Å². The van der Waals surface area contributed by atoms with Crippen LogP contribution in [0.25, 0.3) is 11.3 Å². The van der Waals surface area contributed by atoms with Gasteiger partial charge in [0.1, 0.15) is 22.9 Å². The number of halogens is 1. The molecular weight excluding hydrogens is 555 g/mol. The third-order valence-corrected chi connectivity index (χ3v) is 6.39. The van der Waals surface area contributed by atoms with Gasteiger partial charge in [0.2, 0.25) is 0 Å². The fourth-order valence-corrected chi connectivity index (χ4v) is 4.24. The minimum atomic E-state index is -0.857. The molecule has 1 aliphatic rings. The van der Waals surface area contributed by atoms with E-state index in [1.807, 2.05) is 17.8 Å². The van der Waals surface area contributed by atoms with Crippen molar-refractivity contribution in [1.29, 1.82) is 5.41 Å². The van der Waals surface area contributed by atoms with Gasteiger partial charge in [-0.3, -0.25) is 14.2 Å². The van der Waals surface area contributed by atoms with Crippen LogP contribution in [-0.2, 0) is 7.05 Å². The molecule has 3 aromatic heterocycles. The van der Waals surface area contributed by atoms with Gasteiger partial charge in [-0.25, -0.2) is 23.7 Å². The number of hydrogen-bond acceptors (Lipinski definition) is 8. The highest BCUT2D eigenvalue weighted by molar-refractivity contribution is 6.03. The maximum atomic E-state index is 13.5. The Morgan fingerprint density at radius 1 is 1.14 bits per heavy atom. The van der Waals surface area contributed by atoms with E-state index in [2.05, 4.69) is 20.6 Å². The van der Waals surface area contributed by atoms with E-state index < -0.39 is 23.0 Å². The maximum absolute atomic E-state index is 13.5. The molecule has 13 heteroatoms. The van der Waals surface area contributed by atoms with Crippen LogP contribution in [0.3, 0.4) is 0 Å². The van der Waals surface area contributed by atoms with E-state index in [9.17, 15) is 18.8 Å². The first-order chi connectivity index (χ1) is 20.6. The Balaban J connectivity index is 0.00000442. The van der Waals surface area contributed by atoms with Crippen molar-refractivity contribution in [1.82, 2.24) is 29.0 Å². The van der Waals surface area contributed by atoms with Crippen LogP contribution >= 0.6 is 0 Å². The minimum absolute atomic E-state index is 0. The standard InChI is InChI=1S/C30H27FN8O4.H2/c1-18(2)38-15-23(29(41)39(30(38)42)21-6-4-20(31)5-7-21)28(40)36-27-9-8-22(14-34-27)43-26-12-19(13-33-24(26)10-11-32)25-16-37(3)17-35-25;/h4-18,32-33H,1-3H3,(H,34,36,40);1H/b24-10-,32-11?;. The average molecular weight is 585 g/mol. The van der Waals surface area contributed by atoms with Gasteiger partial charge >= 0.3 is 5.69 Å². The van der Waals surface area contributed by atoms with Crippen molar-refractivity contribution in [2.45, 2.75) is 19.9 Å². The number of rotatable bonds is 8. The maximum Gasteiger partial charge on any atom is 0.335 e. The van der Waals surface area contributed by atoms with E-state index in [0.717, 1.165) is 34.2 Å². The number of allylic oxidation sites excluding steroid dienone is 3. The number of carbonyl (C=O) groups is 1. The lowest BCUT2D eigenvalue weighted by atomic mass is 10.1. The van der Waals surface area contributed by atoms with Crippen molar-refractivity contribution in [3.05, 3.63) is 129 Å². The summed E-state index contributed by atoms with van der Waals surface area (Å²) in [4.78, 5) is 48.1. The van der Waals surface area contributed by atoms with Gasteiger partial charge in [-0.1, -0.05) is 0 Å². The molecular formula is C30H29FN8O4. The second-order valence-corrected chi connectivity index (χ2v) is 9.80. The summed E-state index contributed by atoms with van der Waals surface area (Å²) < 4.78 is 23.4. The Bertz CT molecular complexity index is 1920. The van der Waals surface area contributed by atoms with Crippen molar-refractivity contribution in [2.75, 3.05) is 5.32 Å². The van der Waals surface area contributed by atoms with E-state index in [-0.39, 0.29) is 24.5 Å². The van der Waals surface area contributed by atoms with Crippen LogP contribution < -0.4 is 26.6 Å². The highest BCUT2D eigenvalue weighted by Gasteiger charge is 2.21. The fourth-order valence-electron chi connectivity index (χ4n) is 4.24. The first-order valence-corrected chi connectivity index (χ1v) is 13.1. The highest BCUT2D eigenvalue weighted by atomic mass is 19.1. The van der Waals surface area contributed by atoms with Gasteiger partial charge in [0, 0.05) is 44.9 Å². The molecule has 3 N–H and O–H groups in total. The lowest BCUT2D eigenvalue weighted by molar-refractivity contribution is 0.102. The molecule has 4 heterocycles. The molecule has 0 unspecified atom stereocenters. The number of nitrogens with one attached hydrogen (secondary N) is 3. The van der Waals surface area contributed by atoms with Gasteiger partial charge in [-0.15, -0.1) is 0 Å². The number of benzene rings is 1. The first-order valence-electron chi connectivity index (χ1n) is 13.1. The normalized spacial score (nSPS) is 13.7. The fraction of sp³-hybridized carbons (Fsp3) is 0.133. The Kier molecular flexibility index (Phi) is 7.96. The lowest BCUT2D eigenvalue weighted by Crippen LogP contribution is -2.42. The second kappa shape index (κ2) is 11.9. The summed E-state index contributed by atoms with van der Waals surface area (Å²) in [5.41, 5.74) is 0.353. The highest BCUT2D eigenvalue weighted by Crippen LogP contribution is 2.25. The molecule has 0 fully saturated rings. The molecule has 0 saturated carbocycles. The van der Waals surface area contributed by atoms with Gasteiger partial charge in [0.25, 0.3) is 11.5 Å². The zero-order chi connectivity index (χ0) is 30.7. The van der Waals surface area contributed by atoms with Gasteiger partial charge in [0.15, 0.2) is 5.76 Å². The molecule has 0 atom stereocenters. The molecule has 0 saturated heterocycles. The molecule has 0 radical (unpaired) electrons. The molecule has 5 rings (SSSR count). The summed E-state index contributed by atoms with van der Waals surface area (Å²) in [5.74, 6) is -0.417. The van der Waals surface area contributed by atoms with Gasteiger partial charge in [0.05, 0.1) is 29.6 Å². The number of pyridine rings is 1. The molecule has 1 amide bonds. The number of anilines is 1. The van der Waals surface area contributed by atoms with Crippen LogP contribution in [0.4, 0.5) is 10.2 Å². The molecule has 12 nitrogen and oxygen atoms in total. The molecule has 0 bridgehead atoms. The zero-order valence-electron chi connectivity index (χ0n) is 23.4. The zero-order valence-corrected chi connectivity index (χ0v) is 23.4. The van der Waals surface area contributed by atoms with Crippen LogP contribution in [0.15, 0.2) is 101 Å². The second-order valence-electron chi connectivity index (χ2n) is 9.80. The number of dihydropyridines is 1. The Morgan fingerprint density at radius 2 is 1.91 bits per heavy atom. The summed E-state index contributed by atoms with van der Waals surface area (Å²) in [6.45, 7) is 3.47. The van der Waals surface area contributed by atoms with Crippen molar-refractivity contribution >= 4 is 23.5 Å². The molecule has 1 aliphatic heterocycles. The number of aryl methyl sites for hydroxylation is 1. The van der Waals surface area contributed by atoms with Crippen molar-refractivity contribution < 1.29 is 15.3 Å². The lowest BCUT2D eigenvalue weighted by Gasteiger charge is -2.18.